The molecule has 0 atom stereocenters. The van der Waals surface area contributed by atoms with E-state index in [9.17, 15) is 27.2 Å². The zero-order chi connectivity index (χ0) is 28.4. The van der Waals surface area contributed by atoms with Gasteiger partial charge in [-0.05, 0) is 63.4 Å². The first-order valence-electron chi connectivity index (χ1n) is 12.4. The van der Waals surface area contributed by atoms with E-state index in [4.69, 9.17) is 9.15 Å². The smallest absolute Gasteiger partial charge is 0.410 e. The van der Waals surface area contributed by atoms with Gasteiger partial charge in [-0.1, -0.05) is 24.3 Å². The number of amides is 3. The van der Waals surface area contributed by atoms with Crippen LogP contribution in [0.4, 0.5) is 9.18 Å². The van der Waals surface area contributed by atoms with E-state index >= 15 is 0 Å². The Morgan fingerprint density at radius 3 is 2.44 bits per heavy atom. The monoisotopic (exact) mass is 559 g/mol. The van der Waals surface area contributed by atoms with Gasteiger partial charge in [-0.15, -0.1) is 0 Å². The minimum absolute atomic E-state index is 0.128. The number of fused-ring (bicyclic) bond motifs is 1. The van der Waals surface area contributed by atoms with Crippen LogP contribution in [-0.2, 0) is 26.1 Å². The minimum Gasteiger partial charge on any atom is -0.451 e. The van der Waals surface area contributed by atoms with Gasteiger partial charge < -0.3 is 19.4 Å². The van der Waals surface area contributed by atoms with Gasteiger partial charge in [-0.2, -0.15) is 0 Å². The number of piperidine rings is 1. The van der Waals surface area contributed by atoms with E-state index in [0.29, 0.717) is 42.5 Å². The normalized spacial score (nSPS) is 14.7. The number of benzene rings is 2. The number of carbonyl (C=O) groups is 3. The van der Waals surface area contributed by atoms with Crippen LogP contribution >= 0.6 is 0 Å². The molecule has 3 amide bonds. The van der Waals surface area contributed by atoms with E-state index in [1.54, 1.807) is 43.9 Å². The number of ether oxygens (including phenoxy) is 1. The summed E-state index contributed by atoms with van der Waals surface area (Å²) in [6.07, 6.45) is 0.665. The van der Waals surface area contributed by atoms with Crippen molar-refractivity contribution in [1.29, 1.82) is 0 Å². The SMILES string of the molecule is CC(C)(C)OC(=O)N1CCC(C(=O)NCc2ccc3cc(C(=O)NS(=O)(=O)c4ccccc4F)oc3c2)CC1. The van der Waals surface area contributed by atoms with Crippen LogP contribution in [-0.4, -0.2) is 49.9 Å². The topological polar surface area (TPSA) is 135 Å². The van der Waals surface area contributed by atoms with Crippen molar-refractivity contribution in [3.63, 3.8) is 0 Å². The van der Waals surface area contributed by atoms with E-state index < -0.39 is 32.2 Å². The third kappa shape index (κ3) is 6.94. The third-order valence-corrected chi connectivity index (χ3v) is 7.51. The Kier molecular flexibility index (Phi) is 7.96. The molecule has 1 aliphatic rings. The van der Waals surface area contributed by atoms with Crippen molar-refractivity contribution in [3.8, 4) is 0 Å². The van der Waals surface area contributed by atoms with Crippen molar-refractivity contribution in [2.45, 2.75) is 50.7 Å². The fraction of sp³-hybridized carbons (Fsp3) is 0.370. The summed E-state index contributed by atoms with van der Waals surface area (Å²) in [5.41, 5.74) is 0.452. The van der Waals surface area contributed by atoms with Gasteiger partial charge in [0.2, 0.25) is 5.91 Å². The Labute approximate surface area is 225 Å². The average Bonchev–Trinajstić information content (AvgIpc) is 3.30. The first kappa shape index (κ1) is 28.1. The molecule has 12 heteroatoms. The molecule has 4 rings (SSSR count). The van der Waals surface area contributed by atoms with Crippen LogP contribution < -0.4 is 10.0 Å². The van der Waals surface area contributed by atoms with Crippen LogP contribution in [0.5, 0.6) is 0 Å². The summed E-state index contributed by atoms with van der Waals surface area (Å²) in [4.78, 5) is 38.4. The van der Waals surface area contributed by atoms with Crippen LogP contribution in [0.3, 0.4) is 0 Å². The Hall–Kier alpha value is -3.93. The van der Waals surface area contributed by atoms with E-state index in [2.05, 4.69) is 5.32 Å². The summed E-state index contributed by atoms with van der Waals surface area (Å²) < 4.78 is 51.5. The maximum absolute atomic E-state index is 13.9. The zero-order valence-electron chi connectivity index (χ0n) is 21.8. The molecule has 0 bridgehead atoms. The van der Waals surface area contributed by atoms with Gasteiger partial charge in [-0.3, -0.25) is 9.59 Å². The molecular weight excluding hydrogens is 529 g/mol. The fourth-order valence-corrected chi connectivity index (χ4v) is 5.21. The molecule has 0 saturated carbocycles. The Balaban J connectivity index is 1.33. The molecule has 1 aromatic heterocycles. The maximum Gasteiger partial charge on any atom is 0.410 e. The van der Waals surface area contributed by atoms with Crippen LogP contribution in [0.2, 0.25) is 0 Å². The quantitative estimate of drug-likeness (QED) is 0.467. The van der Waals surface area contributed by atoms with Gasteiger partial charge in [0.25, 0.3) is 10.0 Å². The van der Waals surface area contributed by atoms with Crippen molar-refractivity contribution < 1.29 is 36.3 Å². The lowest BCUT2D eigenvalue weighted by Crippen LogP contribution is -2.44. The molecule has 2 N–H and O–H groups in total. The standard InChI is InChI=1S/C27H30FN3O7S/c1-27(2,3)38-26(34)31-12-10-18(11-13-31)24(32)29-16-17-8-9-19-15-22(37-21(19)14-17)25(33)30-39(35,36)23-7-5-4-6-20(23)28/h4-9,14-15,18H,10-13,16H2,1-3H3,(H,29,32)(H,30,33). The third-order valence-electron chi connectivity index (χ3n) is 6.15. The number of rotatable bonds is 6. The maximum atomic E-state index is 13.9. The molecule has 0 aliphatic carbocycles. The number of hydrogen-bond donors (Lipinski definition) is 2. The van der Waals surface area contributed by atoms with Crippen molar-refractivity contribution >= 4 is 38.9 Å². The zero-order valence-corrected chi connectivity index (χ0v) is 22.6. The van der Waals surface area contributed by atoms with Gasteiger partial charge in [0.15, 0.2) is 5.76 Å². The highest BCUT2D eigenvalue weighted by Crippen LogP contribution is 2.23. The van der Waals surface area contributed by atoms with Crippen LogP contribution in [0, 0.1) is 11.7 Å². The predicted octanol–water partition coefficient (Wildman–Crippen LogP) is 3.95. The van der Waals surface area contributed by atoms with E-state index in [1.165, 1.54) is 18.2 Å². The first-order valence-corrected chi connectivity index (χ1v) is 13.9. The molecule has 0 spiro atoms. The number of carbonyl (C=O) groups excluding carboxylic acids is 3. The Bertz CT molecular complexity index is 1500. The lowest BCUT2D eigenvalue weighted by atomic mass is 9.96. The summed E-state index contributed by atoms with van der Waals surface area (Å²) in [7, 11) is -4.44. The molecule has 2 heterocycles. The van der Waals surface area contributed by atoms with Gasteiger partial charge in [0, 0.05) is 30.9 Å². The van der Waals surface area contributed by atoms with Gasteiger partial charge >= 0.3 is 12.0 Å². The first-order chi connectivity index (χ1) is 18.3. The molecule has 1 fully saturated rings. The number of nitrogens with zero attached hydrogens (tertiary/aromatic N) is 1. The lowest BCUT2D eigenvalue weighted by molar-refractivity contribution is -0.126. The molecule has 3 aromatic rings. The molecule has 208 valence electrons. The summed E-state index contributed by atoms with van der Waals surface area (Å²) in [6.45, 7) is 6.50. The fourth-order valence-electron chi connectivity index (χ4n) is 4.17. The summed E-state index contributed by atoms with van der Waals surface area (Å²) >= 11 is 0. The number of hydrogen-bond acceptors (Lipinski definition) is 7. The van der Waals surface area contributed by atoms with Crippen molar-refractivity contribution in [2.75, 3.05) is 13.1 Å². The molecule has 1 aliphatic heterocycles. The summed E-state index contributed by atoms with van der Waals surface area (Å²) in [5.74, 6) is -2.65. The minimum atomic E-state index is -4.44. The lowest BCUT2D eigenvalue weighted by Gasteiger charge is -2.32. The molecule has 2 aromatic carbocycles. The molecule has 39 heavy (non-hydrogen) atoms. The molecule has 10 nitrogen and oxygen atoms in total. The number of likely N-dealkylation sites (tertiary alicyclic amines) is 1. The van der Waals surface area contributed by atoms with Gasteiger partial charge in [0.1, 0.15) is 21.9 Å². The average molecular weight is 560 g/mol. The highest BCUT2D eigenvalue weighted by Gasteiger charge is 2.30. The molecule has 0 unspecified atom stereocenters. The van der Waals surface area contributed by atoms with Crippen molar-refractivity contribution in [1.82, 2.24) is 14.9 Å². The summed E-state index contributed by atoms with van der Waals surface area (Å²) in [5, 5.41) is 3.44. The Morgan fingerprint density at radius 2 is 1.77 bits per heavy atom. The molecular formula is C27H30FN3O7S. The number of nitrogens with one attached hydrogen (secondary N) is 2. The van der Waals surface area contributed by atoms with Crippen LogP contribution in [0.1, 0.15) is 49.7 Å². The molecule has 1 saturated heterocycles. The van der Waals surface area contributed by atoms with Gasteiger partial charge in [0.05, 0.1) is 0 Å². The molecule has 0 radical (unpaired) electrons. The second-order valence-corrected chi connectivity index (χ2v) is 12.0. The largest absolute Gasteiger partial charge is 0.451 e. The van der Waals surface area contributed by atoms with Crippen molar-refractivity contribution in [2.24, 2.45) is 5.92 Å². The predicted molar refractivity (Wildman–Crippen MR) is 140 cm³/mol. The van der Waals surface area contributed by atoms with Crippen LogP contribution in [0.15, 0.2) is 57.8 Å². The van der Waals surface area contributed by atoms with Crippen LogP contribution in [0.25, 0.3) is 11.0 Å². The van der Waals surface area contributed by atoms with Crippen molar-refractivity contribution in [3.05, 3.63) is 65.7 Å². The van der Waals surface area contributed by atoms with E-state index in [0.717, 1.165) is 12.1 Å². The highest BCUT2D eigenvalue weighted by molar-refractivity contribution is 7.90. The summed E-state index contributed by atoms with van der Waals surface area (Å²) in [6, 6.07) is 11.2. The number of sulfonamides is 1. The highest BCUT2D eigenvalue weighted by atomic mass is 32.2. The number of furan rings is 1. The van der Waals surface area contributed by atoms with E-state index in [-0.39, 0.29) is 30.2 Å². The van der Waals surface area contributed by atoms with Gasteiger partial charge in [-0.25, -0.2) is 22.3 Å². The second-order valence-electron chi connectivity index (χ2n) is 10.3. The second kappa shape index (κ2) is 11.0. The Morgan fingerprint density at radius 1 is 1.08 bits per heavy atom. The number of halogens is 1. The van der Waals surface area contributed by atoms with E-state index in [1.807, 2.05) is 4.72 Å².